The molecular weight excluding hydrogens is 408 g/mol. The van der Waals surface area contributed by atoms with E-state index in [1.54, 1.807) is 23.9 Å². The summed E-state index contributed by atoms with van der Waals surface area (Å²) < 4.78 is 25.9. The van der Waals surface area contributed by atoms with Gasteiger partial charge >= 0.3 is 0 Å². The molecule has 0 spiro atoms. The summed E-state index contributed by atoms with van der Waals surface area (Å²) in [6.45, 7) is 0. The lowest BCUT2D eigenvalue weighted by atomic mass is 10.1. The van der Waals surface area contributed by atoms with Crippen molar-refractivity contribution in [2.45, 2.75) is 17.4 Å². The summed E-state index contributed by atoms with van der Waals surface area (Å²) in [5, 5.41) is 3.00. The second kappa shape index (κ2) is 8.98. The Morgan fingerprint density at radius 3 is 2.66 bits per heavy atom. The van der Waals surface area contributed by atoms with Gasteiger partial charge in [-0.15, -0.1) is 0 Å². The van der Waals surface area contributed by atoms with Crippen LogP contribution >= 0.6 is 11.8 Å². The fourth-order valence-corrected chi connectivity index (χ4v) is 4.32. The van der Waals surface area contributed by atoms with Crippen LogP contribution in [0.25, 0.3) is 11.0 Å². The molecular formula is C20H24N4O3S2. The molecule has 0 aliphatic carbocycles. The minimum absolute atomic E-state index is 0.0829. The van der Waals surface area contributed by atoms with E-state index in [-0.39, 0.29) is 22.4 Å². The predicted molar refractivity (Wildman–Crippen MR) is 117 cm³/mol. The first-order valence-corrected chi connectivity index (χ1v) is 11.9. The van der Waals surface area contributed by atoms with Gasteiger partial charge in [-0.1, -0.05) is 18.2 Å². The minimum Gasteiger partial charge on any atom is -0.342 e. The zero-order chi connectivity index (χ0) is 21.0. The quantitative estimate of drug-likeness (QED) is 0.570. The van der Waals surface area contributed by atoms with Crippen molar-refractivity contribution in [3.63, 3.8) is 0 Å². The number of para-hydroxylation sites is 2. The number of carbonyl (C=O) groups excluding carboxylic acids is 1. The van der Waals surface area contributed by atoms with E-state index in [0.29, 0.717) is 12.2 Å². The summed E-state index contributed by atoms with van der Waals surface area (Å²) in [5.41, 5.74) is 2.04. The second-order valence-electron chi connectivity index (χ2n) is 6.76. The maximum Gasteiger partial charge on any atom is 0.251 e. The Balaban J connectivity index is 1.87. The highest BCUT2D eigenvalue weighted by Crippen LogP contribution is 2.21. The largest absolute Gasteiger partial charge is 0.342 e. The van der Waals surface area contributed by atoms with Gasteiger partial charge in [0.2, 0.25) is 10.0 Å². The third kappa shape index (κ3) is 4.80. The van der Waals surface area contributed by atoms with E-state index in [2.05, 4.69) is 15.3 Å². The number of thioether (sulfide) groups is 1. The molecule has 0 saturated heterocycles. The Labute approximate surface area is 175 Å². The van der Waals surface area contributed by atoms with Crippen molar-refractivity contribution in [2.75, 3.05) is 26.1 Å². The number of hydrogen-bond acceptors (Lipinski definition) is 5. The molecule has 1 atom stereocenters. The maximum absolute atomic E-state index is 12.9. The number of nitrogens with one attached hydrogen (secondary N) is 2. The number of aromatic amines is 1. The van der Waals surface area contributed by atoms with Crippen LogP contribution in [0.1, 0.15) is 28.6 Å². The normalized spacial score (nSPS) is 13.0. The number of nitrogens with zero attached hydrogens (tertiary/aromatic N) is 2. The maximum atomic E-state index is 12.9. The number of H-pyrrole nitrogens is 1. The number of rotatable bonds is 8. The van der Waals surface area contributed by atoms with Gasteiger partial charge in [0, 0.05) is 19.7 Å². The Hall–Kier alpha value is -2.36. The van der Waals surface area contributed by atoms with Crippen molar-refractivity contribution in [1.82, 2.24) is 19.6 Å². The SMILES string of the molecule is CSCC[C@H](NC(=O)c1cccc(S(=O)(=O)N(C)C)c1)c1nc2ccccc2[nH]1. The topological polar surface area (TPSA) is 95.2 Å². The van der Waals surface area contributed by atoms with E-state index < -0.39 is 10.0 Å². The summed E-state index contributed by atoms with van der Waals surface area (Å²) in [6, 6.07) is 13.4. The molecule has 9 heteroatoms. The lowest BCUT2D eigenvalue weighted by molar-refractivity contribution is 0.0934. The molecule has 7 nitrogen and oxygen atoms in total. The van der Waals surface area contributed by atoms with Gasteiger partial charge in [-0.2, -0.15) is 11.8 Å². The number of fused-ring (bicyclic) bond motifs is 1. The molecule has 0 aliphatic rings. The van der Waals surface area contributed by atoms with Gasteiger partial charge in [0.15, 0.2) is 0 Å². The van der Waals surface area contributed by atoms with Gasteiger partial charge in [0.05, 0.1) is 22.0 Å². The van der Waals surface area contributed by atoms with E-state index in [9.17, 15) is 13.2 Å². The molecule has 0 unspecified atom stereocenters. The summed E-state index contributed by atoms with van der Waals surface area (Å²) in [6.07, 6.45) is 2.70. The molecule has 1 heterocycles. The van der Waals surface area contributed by atoms with Crippen LogP contribution in [0.4, 0.5) is 0 Å². The van der Waals surface area contributed by atoms with Crippen LogP contribution in [0.3, 0.4) is 0 Å². The molecule has 2 N–H and O–H groups in total. The fourth-order valence-electron chi connectivity index (χ4n) is 2.90. The number of imidazole rings is 1. The fraction of sp³-hybridized carbons (Fsp3) is 0.300. The van der Waals surface area contributed by atoms with Crippen LogP contribution in [-0.4, -0.2) is 54.7 Å². The van der Waals surface area contributed by atoms with E-state index in [1.807, 2.05) is 30.5 Å². The van der Waals surface area contributed by atoms with Crippen molar-refractivity contribution in [3.05, 3.63) is 59.9 Å². The number of amides is 1. The monoisotopic (exact) mass is 432 g/mol. The predicted octanol–water partition coefficient (Wildman–Crippen LogP) is 3.04. The van der Waals surface area contributed by atoms with Crippen LogP contribution < -0.4 is 5.32 Å². The molecule has 154 valence electrons. The minimum atomic E-state index is -3.61. The van der Waals surface area contributed by atoms with Crippen molar-refractivity contribution in [3.8, 4) is 0 Å². The van der Waals surface area contributed by atoms with Crippen molar-refractivity contribution in [1.29, 1.82) is 0 Å². The number of benzene rings is 2. The van der Waals surface area contributed by atoms with Gasteiger partial charge in [0.1, 0.15) is 5.82 Å². The molecule has 0 radical (unpaired) electrons. The first kappa shape index (κ1) is 21.4. The summed E-state index contributed by atoms with van der Waals surface area (Å²) >= 11 is 1.69. The Morgan fingerprint density at radius 2 is 1.97 bits per heavy atom. The zero-order valence-electron chi connectivity index (χ0n) is 16.5. The molecule has 0 aliphatic heterocycles. The molecule has 0 fully saturated rings. The lowest BCUT2D eigenvalue weighted by Gasteiger charge is -2.17. The van der Waals surface area contributed by atoms with E-state index in [4.69, 9.17) is 0 Å². The molecule has 3 aromatic rings. The van der Waals surface area contributed by atoms with Crippen LogP contribution in [-0.2, 0) is 10.0 Å². The summed E-state index contributed by atoms with van der Waals surface area (Å²) in [7, 11) is -0.693. The molecule has 0 bridgehead atoms. The van der Waals surface area contributed by atoms with Crippen LogP contribution in [0, 0.1) is 0 Å². The first-order chi connectivity index (χ1) is 13.8. The summed E-state index contributed by atoms with van der Waals surface area (Å²) in [5.74, 6) is 1.19. The molecule has 1 aromatic heterocycles. The van der Waals surface area contributed by atoms with E-state index in [0.717, 1.165) is 21.1 Å². The Bertz CT molecular complexity index is 1080. The van der Waals surface area contributed by atoms with Crippen molar-refractivity contribution in [2.24, 2.45) is 0 Å². The smallest absolute Gasteiger partial charge is 0.251 e. The van der Waals surface area contributed by atoms with Gasteiger partial charge in [-0.25, -0.2) is 17.7 Å². The van der Waals surface area contributed by atoms with Crippen LogP contribution in [0.2, 0.25) is 0 Å². The third-order valence-corrected chi connectivity index (χ3v) is 6.98. The second-order valence-corrected chi connectivity index (χ2v) is 9.90. The zero-order valence-corrected chi connectivity index (χ0v) is 18.2. The Kier molecular flexibility index (Phi) is 6.61. The van der Waals surface area contributed by atoms with Gasteiger partial charge in [-0.3, -0.25) is 4.79 Å². The van der Waals surface area contributed by atoms with Crippen molar-refractivity contribution >= 4 is 38.7 Å². The van der Waals surface area contributed by atoms with Crippen LogP contribution in [0.5, 0.6) is 0 Å². The molecule has 2 aromatic carbocycles. The number of sulfonamides is 1. The first-order valence-electron chi connectivity index (χ1n) is 9.10. The average Bonchev–Trinajstić information content (AvgIpc) is 3.15. The number of carbonyl (C=O) groups is 1. The summed E-state index contributed by atoms with van der Waals surface area (Å²) in [4.78, 5) is 20.9. The third-order valence-electron chi connectivity index (χ3n) is 4.53. The van der Waals surface area contributed by atoms with Gasteiger partial charge < -0.3 is 10.3 Å². The molecule has 29 heavy (non-hydrogen) atoms. The van der Waals surface area contributed by atoms with Crippen LogP contribution in [0.15, 0.2) is 53.4 Å². The Morgan fingerprint density at radius 1 is 1.21 bits per heavy atom. The highest BCUT2D eigenvalue weighted by Gasteiger charge is 2.22. The lowest BCUT2D eigenvalue weighted by Crippen LogP contribution is -2.30. The van der Waals surface area contributed by atoms with Gasteiger partial charge in [-0.05, 0) is 48.8 Å². The number of aromatic nitrogens is 2. The van der Waals surface area contributed by atoms with Gasteiger partial charge in [0.25, 0.3) is 5.91 Å². The standard InChI is InChI=1S/C20H24N4O3S2/c1-24(2)29(26,27)15-8-6-7-14(13-15)20(25)23-18(11-12-28-3)19-21-16-9-4-5-10-17(16)22-19/h4-10,13,18H,11-12H2,1-3H3,(H,21,22)(H,23,25)/t18-/m0/s1. The highest BCUT2D eigenvalue weighted by molar-refractivity contribution is 7.98. The molecule has 3 rings (SSSR count). The van der Waals surface area contributed by atoms with E-state index in [1.165, 1.54) is 26.2 Å². The molecule has 1 amide bonds. The van der Waals surface area contributed by atoms with E-state index >= 15 is 0 Å². The molecule has 0 saturated carbocycles. The number of hydrogen-bond donors (Lipinski definition) is 2. The average molecular weight is 433 g/mol. The highest BCUT2D eigenvalue weighted by atomic mass is 32.2. The van der Waals surface area contributed by atoms with Crippen molar-refractivity contribution < 1.29 is 13.2 Å².